The fraction of sp³-hybridized carbons (Fsp3) is 0.474. The number of hydrogen-bond donors (Lipinski definition) is 2. The number of rotatable bonds is 5. The minimum Gasteiger partial charge on any atom is -0.308 e. The van der Waals surface area contributed by atoms with Gasteiger partial charge in [-0.15, -0.1) is 0 Å². The summed E-state index contributed by atoms with van der Waals surface area (Å²) in [5.41, 5.74) is 3.69. The van der Waals surface area contributed by atoms with E-state index in [0.717, 1.165) is 31.6 Å². The van der Waals surface area contributed by atoms with Gasteiger partial charge in [-0.1, -0.05) is 31.2 Å². The molecule has 0 amide bonds. The van der Waals surface area contributed by atoms with Crippen LogP contribution >= 0.6 is 0 Å². The lowest BCUT2D eigenvalue weighted by atomic mass is 9.87. The fourth-order valence-electron chi connectivity index (χ4n) is 3.62. The van der Waals surface area contributed by atoms with Crippen LogP contribution in [0.3, 0.4) is 0 Å². The van der Waals surface area contributed by atoms with Crippen LogP contribution in [-0.4, -0.2) is 33.7 Å². The molecule has 24 heavy (non-hydrogen) atoms. The Morgan fingerprint density at radius 3 is 2.58 bits per heavy atom. The van der Waals surface area contributed by atoms with Crippen molar-refractivity contribution in [1.29, 1.82) is 0 Å². The number of aromatic amines is 2. The van der Waals surface area contributed by atoms with E-state index in [9.17, 15) is 9.59 Å². The zero-order chi connectivity index (χ0) is 17.1. The molecule has 0 saturated carbocycles. The van der Waals surface area contributed by atoms with Gasteiger partial charge in [0.2, 0.25) is 0 Å². The number of carbonyl (C=O) groups excluding carboxylic acids is 1. The third-order valence-electron chi connectivity index (χ3n) is 5.00. The van der Waals surface area contributed by atoms with Crippen LogP contribution in [0.1, 0.15) is 59.4 Å². The van der Waals surface area contributed by atoms with Crippen LogP contribution in [0.5, 0.6) is 0 Å². The molecule has 2 heterocycles. The van der Waals surface area contributed by atoms with Crippen molar-refractivity contribution in [3.05, 3.63) is 57.3 Å². The van der Waals surface area contributed by atoms with E-state index in [0.29, 0.717) is 24.6 Å². The molecular formula is C19H25N3O2. The predicted molar refractivity (Wildman–Crippen MR) is 94.5 cm³/mol. The van der Waals surface area contributed by atoms with Crippen molar-refractivity contribution in [3.8, 4) is 0 Å². The van der Waals surface area contributed by atoms with Gasteiger partial charge in [-0.25, -0.2) is 4.79 Å². The molecule has 0 bridgehead atoms. The van der Waals surface area contributed by atoms with Gasteiger partial charge in [0.25, 0.3) is 0 Å². The summed E-state index contributed by atoms with van der Waals surface area (Å²) >= 11 is 0. The zero-order valence-electron chi connectivity index (χ0n) is 14.4. The minimum atomic E-state index is -0.295. The Kier molecular flexibility index (Phi) is 5.00. The molecule has 0 unspecified atom stereocenters. The first-order valence-electron chi connectivity index (χ1n) is 8.70. The number of ketones is 1. The number of piperidine rings is 1. The van der Waals surface area contributed by atoms with Crippen molar-refractivity contribution in [2.75, 3.05) is 13.1 Å². The molecule has 3 rings (SSSR count). The molecular weight excluding hydrogens is 302 g/mol. The molecule has 0 spiro atoms. The van der Waals surface area contributed by atoms with Crippen LogP contribution in [0.25, 0.3) is 0 Å². The predicted octanol–water partition coefficient (Wildman–Crippen LogP) is 2.98. The second-order valence-corrected chi connectivity index (χ2v) is 6.62. The van der Waals surface area contributed by atoms with Gasteiger partial charge < -0.3 is 9.97 Å². The molecule has 1 aliphatic rings. The van der Waals surface area contributed by atoms with Gasteiger partial charge in [0.05, 0.1) is 5.69 Å². The van der Waals surface area contributed by atoms with Crippen LogP contribution in [0.4, 0.5) is 0 Å². The number of aromatic nitrogens is 2. The van der Waals surface area contributed by atoms with Crippen molar-refractivity contribution in [3.63, 3.8) is 0 Å². The Morgan fingerprint density at radius 2 is 1.92 bits per heavy atom. The first kappa shape index (κ1) is 16.7. The van der Waals surface area contributed by atoms with Gasteiger partial charge in [0.15, 0.2) is 5.78 Å². The topological polar surface area (TPSA) is 69.0 Å². The number of H-pyrrole nitrogens is 2. The van der Waals surface area contributed by atoms with E-state index >= 15 is 0 Å². The Balaban J connectivity index is 1.65. The molecule has 0 atom stereocenters. The molecule has 1 saturated heterocycles. The third kappa shape index (κ3) is 3.51. The lowest BCUT2D eigenvalue weighted by Crippen LogP contribution is -2.33. The normalized spacial score (nSPS) is 16.4. The Labute approximate surface area is 142 Å². The fourth-order valence-corrected chi connectivity index (χ4v) is 3.62. The number of imidazole rings is 1. The smallest absolute Gasteiger partial charge is 0.308 e. The van der Waals surface area contributed by atoms with E-state index in [1.807, 2.05) is 6.92 Å². The summed E-state index contributed by atoms with van der Waals surface area (Å²) in [4.78, 5) is 31.3. The number of nitrogens with one attached hydrogen (secondary N) is 2. The van der Waals surface area contributed by atoms with Gasteiger partial charge >= 0.3 is 5.69 Å². The maximum atomic E-state index is 12.0. The van der Waals surface area contributed by atoms with Crippen LogP contribution in [0, 0.1) is 6.92 Å². The standard InChI is InChI=1S/C19H25N3O2/c1-3-17(23)18-16(20-19(24)21-18)12-22-10-8-14(9-11-22)15-7-5-4-6-13(15)2/h4-7,14H,3,8-12H2,1-2H3,(H2,20,21,24). The Bertz CT molecular complexity index is 767. The monoisotopic (exact) mass is 327 g/mol. The molecule has 128 valence electrons. The molecule has 1 aliphatic heterocycles. The number of nitrogens with zero attached hydrogens (tertiary/aromatic N) is 1. The molecule has 0 aliphatic carbocycles. The quantitative estimate of drug-likeness (QED) is 0.830. The number of hydrogen-bond acceptors (Lipinski definition) is 3. The average Bonchev–Trinajstić information content (AvgIpc) is 2.96. The van der Waals surface area contributed by atoms with Gasteiger partial charge in [0, 0.05) is 13.0 Å². The largest absolute Gasteiger partial charge is 0.323 e. The molecule has 1 aromatic heterocycles. The van der Waals surface area contributed by atoms with E-state index in [1.54, 1.807) is 0 Å². The zero-order valence-corrected chi connectivity index (χ0v) is 14.4. The van der Waals surface area contributed by atoms with Crippen molar-refractivity contribution in [1.82, 2.24) is 14.9 Å². The molecule has 1 aromatic carbocycles. The van der Waals surface area contributed by atoms with Crippen molar-refractivity contribution in [2.45, 2.75) is 45.6 Å². The summed E-state index contributed by atoms with van der Waals surface area (Å²) in [6.45, 7) is 6.57. The van der Waals surface area contributed by atoms with Crippen molar-refractivity contribution < 1.29 is 4.79 Å². The highest BCUT2D eigenvalue weighted by atomic mass is 16.1. The van der Waals surface area contributed by atoms with E-state index in [1.165, 1.54) is 11.1 Å². The lowest BCUT2D eigenvalue weighted by Gasteiger charge is -2.32. The Hall–Kier alpha value is -2.14. The maximum absolute atomic E-state index is 12.0. The Morgan fingerprint density at radius 1 is 1.21 bits per heavy atom. The van der Waals surface area contributed by atoms with E-state index in [2.05, 4.69) is 46.1 Å². The first-order valence-corrected chi connectivity index (χ1v) is 8.70. The second kappa shape index (κ2) is 7.18. The summed E-state index contributed by atoms with van der Waals surface area (Å²) in [5.74, 6) is 0.586. The van der Waals surface area contributed by atoms with E-state index < -0.39 is 0 Å². The van der Waals surface area contributed by atoms with Crippen LogP contribution in [0.2, 0.25) is 0 Å². The molecule has 5 nitrogen and oxygen atoms in total. The number of likely N-dealkylation sites (tertiary alicyclic amines) is 1. The third-order valence-corrected chi connectivity index (χ3v) is 5.00. The molecule has 2 N–H and O–H groups in total. The lowest BCUT2D eigenvalue weighted by molar-refractivity contribution is 0.0981. The first-order chi connectivity index (χ1) is 11.6. The highest BCUT2D eigenvalue weighted by Gasteiger charge is 2.23. The van der Waals surface area contributed by atoms with E-state index in [-0.39, 0.29) is 11.5 Å². The summed E-state index contributed by atoms with van der Waals surface area (Å²) in [6, 6.07) is 8.61. The second-order valence-electron chi connectivity index (χ2n) is 6.62. The highest BCUT2D eigenvalue weighted by molar-refractivity contribution is 5.95. The van der Waals surface area contributed by atoms with E-state index in [4.69, 9.17) is 0 Å². The molecule has 1 fully saturated rings. The summed E-state index contributed by atoms with van der Waals surface area (Å²) < 4.78 is 0. The van der Waals surface area contributed by atoms with Gasteiger partial charge in [0.1, 0.15) is 5.69 Å². The number of aryl methyl sites for hydroxylation is 1. The number of benzene rings is 1. The molecule has 5 heteroatoms. The summed E-state index contributed by atoms with van der Waals surface area (Å²) in [7, 11) is 0. The van der Waals surface area contributed by atoms with Crippen molar-refractivity contribution >= 4 is 5.78 Å². The molecule has 0 radical (unpaired) electrons. The van der Waals surface area contributed by atoms with Crippen LogP contribution in [0.15, 0.2) is 29.1 Å². The SMILES string of the molecule is CCC(=O)c1[nH]c(=O)[nH]c1CN1CCC(c2ccccc2C)CC1. The molecule has 2 aromatic rings. The van der Waals surface area contributed by atoms with Gasteiger partial charge in [-0.2, -0.15) is 0 Å². The minimum absolute atomic E-state index is 0.0156. The van der Waals surface area contributed by atoms with Crippen LogP contribution < -0.4 is 5.69 Å². The van der Waals surface area contributed by atoms with Crippen molar-refractivity contribution in [2.24, 2.45) is 0 Å². The summed E-state index contributed by atoms with van der Waals surface area (Å²) in [5, 5.41) is 0. The van der Waals surface area contributed by atoms with Crippen LogP contribution in [-0.2, 0) is 6.54 Å². The number of Topliss-reactive ketones (excluding diaryl/α,β-unsaturated/α-hetero) is 1. The van der Waals surface area contributed by atoms with Gasteiger partial charge in [-0.3, -0.25) is 9.69 Å². The van der Waals surface area contributed by atoms with Gasteiger partial charge in [-0.05, 0) is 49.9 Å². The average molecular weight is 327 g/mol. The maximum Gasteiger partial charge on any atom is 0.323 e. The number of carbonyl (C=O) groups is 1. The summed E-state index contributed by atoms with van der Waals surface area (Å²) in [6.07, 6.45) is 2.61. The highest BCUT2D eigenvalue weighted by Crippen LogP contribution is 2.30.